The molecule has 1 aromatic carbocycles. The number of rotatable bonds is 7. The Bertz CT molecular complexity index is 481. The second kappa shape index (κ2) is 6.91. The van der Waals surface area contributed by atoms with Gasteiger partial charge in [-0.15, -0.1) is 0 Å². The smallest absolute Gasteiger partial charge is 0.236 e. The molecule has 0 aromatic heterocycles. The summed E-state index contributed by atoms with van der Waals surface area (Å²) in [6.07, 6.45) is 0. The first-order valence-electron chi connectivity index (χ1n) is 6.67. The van der Waals surface area contributed by atoms with Gasteiger partial charge >= 0.3 is 0 Å². The second-order valence-corrected chi connectivity index (χ2v) is 6.94. The van der Waals surface area contributed by atoms with Gasteiger partial charge in [0.25, 0.3) is 0 Å². The van der Waals surface area contributed by atoms with E-state index in [1.54, 1.807) is 0 Å². The van der Waals surface area contributed by atoms with E-state index in [1.165, 1.54) is 4.31 Å². The minimum atomic E-state index is -3.26. The molecule has 0 atom stereocenters. The Morgan fingerprint density at radius 1 is 1.21 bits per heavy atom. The van der Waals surface area contributed by atoms with E-state index >= 15 is 0 Å². The fourth-order valence-electron chi connectivity index (χ4n) is 1.84. The lowest BCUT2D eigenvalue weighted by Gasteiger charge is -2.23. The van der Waals surface area contributed by atoms with Crippen molar-refractivity contribution >= 4 is 15.7 Å². The molecule has 0 aliphatic heterocycles. The van der Waals surface area contributed by atoms with Crippen molar-refractivity contribution in [2.24, 2.45) is 0 Å². The highest BCUT2D eigenvalue weighted by Gasteiger charge is 2.20. The van der Waals surface area contributed by atoms with E-state index in [2.05, 4.69) is 5.32 Å². The van der Waals surface area contributed by atoms with Crippen LogP contribution in [0.15, 0.2) is 24.3 Å². The molecule has 4 nitrogen and oxygen atoms in total. The zero-order valence-electron chi connectivity index (χ0n) is 12.2. The molecule has 0 heterocycles. The fraction of sp³-hybridized carbons (Fsp3) is 0.571. The summed E-state index contributed by atoms with van der Waals surface area (Å²) in [5, 5.41) is 3.14. The molecule has 0 bridgehead atoms. The minimum Gasteiger partial charge on any atom is -0.313 e. The number of benzene rings is 1. The molecule has 0 radical (unpaired) electrons. The van der Waals surface area contributed by atoms with Crippen LogP contribution in [-0.4, -0.2) is 33.3 Å². The molecule has 0 saturated carbocycles. The van der Waals surface area contributed by atoms with Gasteiger partial charge in [0.1, 0.15) is 0 Å². The first-order valence-corrected chi connectivity index (χ1v) is 8.28. The van der Waals surface area contributed by atoms with Crippen molar-refractivity contribution in [1.29, 1.82) is 0 Å². The Kier molecular flexibility index (Phi) is 5.82. The SMILES string of the molecule is CCN(c1ccc(C)cc1)S(=O)(=O)CCNC(C)C. The largest absolute Gasteiger partial charge is 0.313 e. The van der Waals surface area contributed by atoms with Crippen molar-refractivity contribution in [2.75, 3.05) is 23.1 Å². The lowest BCUT2D eigenvalue weighted by molar-refractivity contribution is 0.575. The Morgan fingerprint density at radius 2 is 1.79 bits per heavy atom. The molecule has 0 spiro atoms. The van der Waals surface area contributed by atoms with E-state index < -0.39 is 10.0 Å². The highest BCUT2D eigenvalue weighted by molar-refractivity contribution is 7.92. The monoisotopic (exact) mass is 284 g/mol. The summed E-state index contributed by atoms with van der Waals surface area (Å²) in [7, 11) is -3.26. The van der Waals surface area contributed by atoms with E-state index in [-0.39, 0.29) is 5.75 Å². The Labute approximate surface area is 116 Å². The molecule has 19 heavy (non-hydrogen) atoms. The third-order valence-corrected chi connectivity index (χ3v) is 4.72. The summed E-state index contributed by atoms with van der Waals surface area (Å²) >= 11 is 0. The molecular formula is C14H24N2O2S. The summed E-state index contributed by atoms with van der Waals surface area (Å²) in [5.41, 5.74) is 1.86. The van der Waals surface area contributed by atoms with Crippen LogP contribution < -0.4 is 9.62 Å². The number of nitrogens with zero attached hydrogens (tertiary/aromatic N) is 1. The van der Waals surface area contributed by atoms with Crippen LogP contribution in [0.4, 0.5) is 5.69 Å². The van der Waals surface area contributed by atoms with Gasteiger partial charge in [0, 0.05) is 19.1 Å². The minimum absolute atomic E-state index is 0.118. The first-order chi connectivity index (χ1) is 8.86. The third kappa shape index (κ3) is 4.84. The molecule has 108 valence electrons. The molecule has 0 unspecified atom stereocenters. The van der Waals surface area contributed by atoms with Crippen LogP contribution in [0.5, 0.6) is 0 Å². The molecular weight excluding hydrogens is 260 g/mol. The predicted molar refractivity (Wildman–Crippen MR) is 81.1 cm³/mol. The van der Waals surface area contributed by atoms with Gasteiger partial charge in [-0.1, -0.05) is 31.5 Å². The maximum absolute atomic E-state index is 12.3. The average Bonchev–Trinajstić information content (AvgIpc) is 2.31. The van der Waals surface area contributed by atoms with Gasteiger partial charge in [0.05, 0.1) is 11.4 Å². The molecule has 0 aliphatic carbocycles. The van der Waals surface area contributed by atoms with Gasteiger partial charge < -0.3 is 5.32 Å². The van der Waals surface area contributed by atoms with Crippen LogP contribution >= 0.6 is 0 Å². The van der Waals surface area contributed by atoms with E-state index in [0.29, 0.717) is 19.1 Å². The average molecular weight is 284 g/mol. The quantitative estimate of drug-likeness (QED) is 0.834. The molecule has 1 rings (SSSR count). The summed E-state index contributed by atoms with van der Waals surface area (Å²) in [6.45, 7) is 8.78. The molecule has 5 heteroatoms. The Balaban J connectivity index is 2.80. The van der Waals surface area contributed by atoms with Gasteiger partial charge in [0.15, 0.2) is 0 Å². The standard InChI is InChI=1S/C14H24N2O2S/c1-5-16(14-8-6-13(4)7-9-14)19(17,18)11-10-15-12(2)3/h6-9,12,15H,5,10-11H2,1-4H3. The van der Waals surface area contributed by atoms with E-state index in [9.17, 15) is 8.42 Å². The van der Waals surface area contributed by atoms with E-state index in [0.717, 1.165) is 11.3 Å². The molecule has 0 amide bonds. The second-order valence-electron chi connectivity index (χ2n) is 4.93. The number of nitrogens with one attached hydrogen (secondary N) is 1. The number of sulfonamides is 1. The molecule has 0 fully saturated rings. The Morgan fingerprint density at radius 3 is 2.26 bits per heavy atom. The van der Waals surface area contributed by atoms with Crippen molar-refractivity contribution in [2.45, 2.75) is 33.7 Å². The summed E-state index contributed by atoms with van der Waals surface area (Å²) in [4.78, 5) is 0. The van der Waals surface area contributed by atoms with Crippen LogP contribution in [0.3, 0.4) is 0 Å². The lowest BCUT2D eigenvalue weighted by Crippen LogP contribution is -2.37. The van der Waals surface area contributed by atoms with Crippen LogP contribution in [0.25, 0.3) is 0 Å². The van der Waals surface area contributed by atoms with Crippen molar-refractivity contribution in [3.8, 4) is 0 Å². The molecule has 1 N–H and O–H groups in total. The lowest BCUT2D eigenvalue weighted by atomic mass is 10.2. The fourth-order valence-corrected chi connectivity index (χ4v) is 3.27. The number of anilines is 1. The highest BCUT2D eigenvalue weighted by atomic mass is 32.2. The summed E-state index contributed by atoms with van der Waals surface area (Å²) in [6, 6.07) is 7.86. The highest BCUT2D eigenvalue weighted by Crippen LogP contribution is 2.18. The van der Waals surface area contributed by atoms with Gasteiger partial charge in [-0.2, -0.15) is 0 Å². The molecule has 1 aromatic rings. The van der Waals surface area contributed by atoms with Crippen LogP contribution in [0.2, 0.25) is 0 Å². The first kappa shape index (κ1) is 16.0. The summed E-state index contributed by atoms with van der Waals surface area (Å²) in [5.74, 6) is 0.118. The van der Waals surface area contributed by atoms with Crippen LogP contribution in [-0.2, 0) is 10.0 Å². The van der Waals surface area contributed by atoms with E-state index in [1.807, 2.05) is 52.0 Å². The topological polar surface area (TPSA) is 49.4 Å². The zero-order chi connectivity index (χ0) is 14.5. The van der Waals surface area contributed by atoms with Gasteiger partial charge in [-0.25, -0.2) is 8.42 Å². The normalized spacial score (nSPS) is 11.8. The van der Waals surface area contributed by atoms with Gasteiger partial charge in [-0.05, 0) is 26.0 Å². The molecule has 0 saturated heterocycles. The van der Waals surface area contributed by atoms with Crippen molar-refractivity contribution in [3.05, 3.63) is 29.8 Å². The maximum atomic E-state index is 12.3. The summed E-state index contributed by atoms with van der Waals surface area (Å²) < 4.78 is 26.1. The molecule has 0 aliphatic rings. The van der Waals surface area contributed by atoms with Crippen molar-refractivity contribution in [1.82, 2.24) is 5.32 Å². The van der Waals surface area contributed by atoms with Crippen LogP contribution in [0.1, 0.15) is 26.3 Å². The van der Waals surface area contributed by atoms with Crippen molar-refractivity contribution in [3.63, 3.8) is 0 Å². The number of aryl methyl sites for hydroxylation is 1. The Hall–Kier alpha value is -1.07. The van der Waals surface area contributed by atoms with Crippen LogP contribution in [0, 0.1) is 6.92 Å². The predicted octanol–water partition coefficient (Wildman–Crippen LogP) is 2.15. The number of hydrogen-bond acceptors (Lipinski definition) is 3. The van der Waals surface area contributed by atoms with E-state index in [4.69, 9.17) is 0 Å². The van der Waals surface area contributed by atoms with Gasteiger partial charge in [0.2, 0.25) is 10.0 Å². The van der Waals surface area contributed by atoms with Gasteiger partial charge in [-0.3, -0.25) is 4.31 Å². The number of hydrogen-bond donors (Lipinski definition) is 1. The van der Waals surface area contributed by atoms with Crippen molar-refractivity contribution < 1.29 is 8.42 Å². The third-order valence-electron chi connectivity index (χ3n) is 2.86. The zero-order valence-corrected chi connectivity index (χ0v) is 13.0. The maximum Gasteiger partial charge on any atom is 0.236 e.